The number of aliphatic hydroxyl groups is 4. The summed E-state index contributed by atoms with van der Waals surface area (Å²) in [6.45, 7) is 14.2. The Hall–Kier alpha value is -0.760. The maximum absolute atomic E-state index is 10.5. The Balaban J connectivity index is 1.26. The molecule has 6 nitrogen and oxygen atoms in total. The van der Waals surface area contributed by atoms with Crippen molar-refractivity contribution in [2.24, 2.45) is 52.3 Å². The van der Waals surface area contributed by atoms with Crippen LogP contribution in [0.3, 0.4) is 0 Å². The Kier molecular flexibility index (Phi) is 9.51. The third-order valence-corrected chi connectivity index (χ3v) is 12.9. The minimum atomic E-state index is -1.40. The molecule has 4 N–H and O–H groups in total. The van der Waals surface area contributed by atoms with Gasteiger partial charge in [-0.15, -0.1) is 0 Å². The van der Waals surface area contributed by atoms with Crippen LogP contribution >= 0.6 is 0 Å². The first-order valence-electron chi connectivity index (χ1n) is 16.8. The van der Waals surface area contributed by atoms with Crippen molar-refractivity contribution in [1.29, 1.82) is 0 Å². The number of hydrogen-bond acceptors (Lipinski definition) is 6. The molecular weight excluding hydrogens is 516 g/mol. The van der Waals surface area contributed by atoms with Gasteiger partial charge in [0, 0.05) is 0 Å². The van der Waals surface area contributed by atoms with Crippen molar-refractivity contribution >= 4 is 0 Å². The number of fused-ring (bicyclic) bond motifs is 5. The van der Waals surface area contributed by atoms with Crippen LogP contribution in [0.2, 0.25) is 0 Å². The molecule has 6 heteroatoms. The van der Waals surface area contributed by atoms with E-state index >= 15 is 0 Å². The van der Waals surface area contributed by atoms with E-state index in [4.69, 9.17) is 9.47 Å². The maximum atomic E-state index is 10.5. The highest BCUT2D eigenvalue weighted by Gasteiger charge is 2.58. The van der Waals surface area contributed by atoms with E-state index in [2.05, 4.69) is 59.8 Å². The largest absolute Gasteiger partial charge is 0.394 e. The number of allylic oxidation sites excluding steroid dienone is 4. The van der Waals surface area contributed by atoms with Gasteiger partial charge in [0.1, 0.15) is 24.4 Å². The lowest BCUT2D eigenvalue weighted by molar-refractivity contribution is -0.315. The SMILES string of the molecule is CC[C@@H](/C=C/[C@@H](C)[C@H]1CC[C@@H]2C3=CC[C@@H]4C[C@@H](O[C@@H]5O[C@@H](CO)[C@@H](O)[C@@H](O)[C@H]5O)CC[C@]4(C)[C@H]3CC[C@@]21C)C(C)C. The first-order valence-corrected chi connectivity index (χ1v) is 16.8. The topological polar surface area (TPSA) is 99.4 Å². The van der Waals surface area contributed by atoms with Gasteiger partial charge in [-0.2, -0.15) is 0 Å². The molecule has 234 valence electrons. The molecule has 0 spiro atoms. The van der Waals surface area contributed by atoms with Gasteiger partial charge in [-0.1, -0.05) is 65.3 Å². The van der Waals surface area contributed by atoms with Crippen LogP contribution in [-0.2, 0) is 9.47 Å². The van der Waals surface area contributed by atoms with E-state index in [0.717, 1.165) is 31.6 Å². The smallest absolute Gasteiger partial charge is 0.186 e. The fraction of sp³-hybridized carbons (Fsp3) is 0.886. The van der Waals surface area contributed by atoms with Gasteiger partial charge in [0.05, 0.1) is 12.7 Å². The third-order valence-electron chi connectivity index (χ3n) is 12.9. The van der Waals surface area contributed by atoms with E-state index in [1.165, 1.54) is 32.1 Å². The molecule has 41 heavy (non-hydrogen) atoms. The molecule has 1 saturated heterocycles. The van der Waals surface area contributed by atoms with E-state index in [0.29, 0.717) is 40.9 Å². The standard InChI is InChI=1S/C35H58O6/c1-7-22(20(2)3)9-8-21(4)26-12-13-27-25-11-10-23-18-24(14-16-34(23,5)28(25)15-17-35(26,27)6)40-33-32(39)31(38)30(37)29(19-36)41-33/h8-9,11,20-24,26-33,36-39H,7,10,12-19H2,1-6H3/b9-8+/t21-,22+,23-,24+,26-,27-,28+,29+,30-,31-,32-,33-,34+,35-/m1/s1. The van der Waals surface area contributed by atoms with Crippen molar-refractivity contribution in [1.82, 2.24) is 0 Å². The second kappa shape index (κ2) is 12.3. The fourth-order valence-electron chi connectivity index (χ4n) is 10.2. The van der Waals surface area contributed by atoms with Crippen molar-refractivity contribution in [3.8, 4) is 0 Å². The summed E-state index contributed by atoms with van der Waals surface area (Å²) in [6.07, 6.45) is 12.0. The van der Waals surface area contributed by atoms with Gasteiger partial charge < -0.3 is 29.9 Å². The zero-order valence-electron chi connectivity index (χ0n) is 26.4. The summed E-state index contributed by atoms with van der Waals surface area (Å²) < 4.78 is 11.9. The summed E-state index contributed by atoms with van der Waals surface area (Å²) in [5, 5.41) is 40.4. The Morgan fingerprint density at radius 1 is 0.951 bits per heavy atom. The molecular formula is C35H58O6. The Bertz CT molecular complexity index is 960. The number of aliphatic hydroxyl groups excluding tert-OH is 4. The van der Waals surface area contributed by atoms with E-state index in [1.807, 2.05) is 0 Å². The lowest BCUT2D eigenvalue weighted by atomic mass is 9.47. The second-order valence-electron chi connectivity index (χ2n) is 15.3. The molecule has 14 atom stereocenters. The van der Waals surface area contributed by atoms with Crippen LogP contribution in [-0.4, -0.2) is 63.8 Å². The van der Waals surface area contributed by atoms with Gasteiger partial charge in [-0.25, -0.2) is 0 Å². The molecule has 0 aromatic heterocycles. The van der Waals surface area contributed by atoms with Gasteiger partial charge in [0.2, 0.25) is 0 Å². The maximum Gasteiger partial charge on any atom is 0.186 e. The van der Waals surface area contributed by atoms with Crippen LogP contribution in [0, 0.1) is 52.3 Å². The van der Waals surface area contributed by atoms with Crippen molar-refractivity contribution in [3.05, 3.63) is 23.8 Å². The Morgan fingerprint density at radius 2 is 1.66 bits per heavy atom. The fourth-order valence-corrected chi connectivity index (χ4v) is 10.2. The molecule has 1 heterocycles. The van der Waals surface area contributed by atoms with Crippen LogP contribution < -0.4 is 0 Å². The predicted molar refractivity (Wildman–Crippen MR) is 161 cm³/mol. The van der Waals surface area contributed by atoms with Crippen LogP contribution in [0.1, 0.15) is 99.3 Å². The summed E-state index contributed by atoms with van der Waals surface area (Å²) in [7, 11) is 0. The minimum absolute atomic E-state index is 0.0698. The Morgan fingerprint density at radius 3 is 2.34 bits per heavy atom. The van der Waals surface area contributed by atoms with Gasteiger partial charge in [0.15, 0.2) is 6.29 Å². The molecule has 3 saturated carbocycles. The first kappa shape index (κ1) is 31.7. The molecule has 0 radical (unpaired) electrons. The van der Waals surface area contributed by atoms with E-state index in [9.17, 15) is 20.4 Å². The minimum Gasteiger partial charge on any atom is -0.394 e. The number of hydrogen-bond donors (Lipinski definition) is 4. The van der Waals surface area contributed by atoms with E-state index < -0.39 is 37.3 Å². The normalized spacial score (nSPS) is 47.9. The van der Waals surface area contributed by atoms with Gasteiger partial charge in [0.25, 0.3) is 0 Å². The highest BCUT2D eigenvalue weighted by atomic mass is 16.7. The highest BCUT2D eigenvalue weighted by Crippen LogP contribution is 2.67. The van der Waals surface area contributed by atoms with Crippen molar-refractivity contribution in [2.75, 3.05) is 6.61 Å². The van der Waals surface area contributed by atoms with Crippen LogP contribution in [0.4, 0.5) is 0 Å². The molecule has 0 aromatic rings. The molecule has 4 fully saturated rings. The van der Waals surface area contributed by atoms with Gasteiger partial charge in [-0.3, -0.25) is 0 Å². The van der Waals surface area contributed by atoms with Gasteiger partial charge >= 0.3 is 0 Å². The summed E-state index contributed by atoms with van der Waals surface area (Å²) in [5.41, 5.74) is 2.41. The third kappa shape index (κ3) is 5.64. The average molecular weight is 575 g/mol. The molecule has 5 rings (SSSR count). The average Bonchev–Trinajstić information content (AvgIpc) is 3.30. The van der Waals surface area contributed by atoms with Gasteiger partial charge in [-0.05, 0) is 110 Å². The first-order chi connectivity index (χ1) is 19.4. The molecule has 4 aliphatic carbocycles. The number of rotatable bonds is 8. The summed E-state index contributed by atoms with van der Waals surface area (Å²) in [4.78, 5) is 0. The van der Waals surface area contributed by atoms with E-state index in [-0.39, 0.29) is 11.5 Å². The number of ether oxygens (including phenoxy) is 2. The lowest BCUT2D eigenvalue weighted by Gasteiger charge is -2.58. The Labute approximate surface area is 248 Å². The van der Waals surface area contributed by atoms with Crippen molar-refractivity contribution in [3.63, 3.8) is 0 Å². The molecule has 5 aliphatic rings. The molecule has 1 aliphatic heterocycles. The van der Waals surface area contributed by atoms with Crippen LogP contribution in [0.5, 0.6) is 0 Å². The van der Waals surface area contributed by atoms with E-state index in [1.54, 1.807) is 5.57 Å². The lowest BCUT2D eigenvalue weighted by Crippen LogP contribution is -2.60. The zero-order valence-corrected chi connectivity index (χ0v) is 26.4. The van der Waals surface area contributed by atoms with Crippen molar-refractivity contribution in [2.45, 2.75) is 136 Å². The summed E-state index contributed by atoms with van der Waals surface area (Å²) in [6, 6.07) is 0. The zero-order chi connectivity index (χ0) is 29.7. The van der Waals surface area contributed by atoms with Crippen LogP contribution in [0.25, 0.3) is 0 Å². The molecule has 0 bridgehead atoms. The highest BCUT2D eigenvalue weighted by molar-refractivity contribution is 5.28. The summed E-state index contributed by atoms with van der Waals surface area (Å²) >= 11 is 0. The quantitative estimate of drug-likeness (QED) is 0.281. The van der Waals surface area contributed by atoms with Crippen molar-refractivity contribution < 1.29 is 29.9 Å². The monoisotopic (exact) mass is 574 g/mol. The second-order valence-corrected chi connectivity index (χ2v) is 15.3. The molecule has 0 amide bonds. The van der Waals surface area contributed by atoms with Crippen LogP contribution in [0.15, 0.2) is 23.8 Å². The molecule has 0 aromatic carbocycles. The predicted octanol–water partition coefficient (Wildman–Crippen LogP) is 5.63. The summed E-state index contributed by atoms with van der Waals surface area (Å²) in [5.74, 6) is 4.61. The molecule has 0 unspecified atom stereocenters.